The molecule has 3 heterocycles. The van der Waals surface area contributed by atoms with Gasteiger partial charge in [0.1, 0.15) is 5.54 Å². The zero-order chi connectivity index (χ0) is 11.2. The molecular weight excluding hydrogens is 196 g/mol. The number of fused-ring (bicyclic) bond motifs is 5. The summed E-state index contributed by atoms with van der Waals surface area (Å²) < 4.78 is 5.39. The van der Waals surface area contributed by atoms with Gasteiger partial charge in [0.05, 0.1) is 0 Å². The maximum Gasteiger partial charge on any atom is 0.273 e. The van der Waals surface area contributed by atoms with Crippen LogP contribution in [0.25, 0.3) is 0 Å². The van der Waals surface area contributed by atoms with Crippen LogP contribution in [0.3, 0.4) is 0 Å². The molecule has 2 bridgehead atoms. The molecular formula is C10H16N2O3. The number of nitrogens with zero attached hydrogens (tertiary/aromatic N) is 2. The molecule has 5 heteroatoms. The van der Waals surface area contributed by atoms with E-state index in [1.807, 2.05) is 6.92 Å². The van der Waals surface area contributed by atoms with E-state index < -0.39 is 11.8 Å². The Balaban J connectivity index is 2.44. The van der Waals surface area contributed by atoms with E-state index in [-0.39, 0.29) is 11.8 Å². The van der Waals surface area contributed by atoms with Crippen molar-refractivity contribution in [1.82, 2.24) is 9.80 Å². The van der Waals surface area contributed by atoms with Gasteiger partial charge in [0.15, 0.2) is 0 Å². The van der Waals surface area contributed by atoms with Crippen molar-refractivity contribution in [2.24, 2.45) is 0 Å². The number of carbonyl (C=O) groups is 2. The Labute approximate surface area is 89.0 Å². The van der Waals surface area contributed by atoms with Crippen LogP contribution in [0.4, 0.5) is 0 Å². The van der Waals surface area contributed by atoms with E-state index in [0.29, 0.717) is 13.0 Å². The lowest BCUT2D eigenvalue weighted by atomic mass is 9.89. The first-order valence-electron chi connectivity index (χ1n) is 5.15. The van der Waals surface area contributed by atoms with Crippen LogP contribution in [0, 0.1) is 0 Å². The van der Waals surface area contributed by atoms with E-state index in [2.05, 4.69) is 0 Å². The standard InChI is InChI=1S/C10H16N2O3/c1-10-5-4-6-15-8(7(13)12(10)3)11(2)9(10)14/h8H,4-6H2,1-3H3. The molecule has 3 saturated heterocycles. The van der Waals surface area contributed by atoms with E-state index in [4.69, 9.17) is 4.74 Å². The maximum absolute atomic E-state index is 12.1. The molecule has 2 unspecified atom stereocenters. The second-order valence-corrected chi connectivity index (χ2v) is 4.41. The predicted molar refractivity (Wildman–Crippen MR) is 52.9 cm³/mol. The lowest BCUT2D eigenvalue weighted by Gasteiger charge is -2.49. The van der Waals surface area contributed by atoms with Gasteiger partial charge in [-0.15, -0.1) is 0 Å². The molecule has 0 aromatic heterocycles. The number of carbonyl (C=O) groups excluding carboxylic acids is 2. The minimum absolute atomic E-state index is 0.0331. The lowest BCUT2D eigenvalue weighted by molar-refractivity contribution is -0.192. The highest BCUT2D eigenvalue weighted by molar-refractivity contribution is 5.98. The molecule has 3 fully saturated rings. The van der Waals surface area contributed by atoms with Crippen molar-refractivity contribution >= 4 is 11.8 Å². The molecule has 0 aliphatic carbocycles. The van der Waals surface area contributed by atoms with Crippen molar-refractivity contribution in [2.45, 2.75) is 31.5 Å². The van der Waals surface area contributed by atoms with Crippen LogP contribution >= 0.6 is 0 Å². The molecule has 3 aliphatic rings. The zero-order valence-electron chi connectivity index (χ0n) is 9.32. The number of ether oxygens (including phenoxy) is 1. The summed E-state index contributed by atoms with van der Waals surface area (Å²) in [5.74, 6) is -0.159. The van der Waals surface area contributed by atoms with Crippen LogP contribution < -0.4 is 0 Å². The lowest BCUT2D eigenvalue weighted by Crippen LogP contribution is -2.70. The predicted octanol–water partition coefficient (Wildman–Crippen LogP) is -0.188. The molecule has 0 aromatic rings. The number of hydrogen-bond donors (Lipinski definition) is 0. The molecule has 84 valence electrons. The van der Waals surface area contributed by atoms with Gasteiger partial charge in [-0.2, -0.15) is 0 Å². The molecule has 0 spiro atoms. The van der Waals surface area contributed by atoms with Crippen molar-refractivity contribution in [3.63, 3.8) is 0 Å². The molecule has 2 amide bonds. The Kier molecular flexibility index (Phi) is 2.22. The number of hydrogen-bond acceptors (Lipinski definition) is 3. The second kappa shape index (κ2) is 3.20. The molecule has 0 saturated carbocycles. The molecule has 2 atom stereocenters. The van der Waals surface area contributed by atoms with Crippen LogP contribution in [0.1, 0.15) is 19.8 Å². The highest BCUT2D eigenvalue weighted by atomic mass is 16.5. The first kappa shape index (κ1) is 10.4. The highest BCUT2D eigenvalue weighted by Crippen LogP contribution is 2.31. The second-order valence-electron chi connectivity index (χ2n) is 4.41. The summed E-state index contributed by atoms with van der Waals surface area (Å²) in [5.41, 5.74) is -0.688. The Hall–Kier alpha value is -1.10. The number of rotatable bonds is 0. The Morgan fingerprint density at radius 3 is 2.73 bits per heavy atom. The minimum atomic E-state index is -0.726. The maximum atomic E-state index is 12.1. The van der Waals surface area contributed by atoms with E-state index in [1.54, 1.807) is 14.1 Å². The van der Waals surface area contributed by atoms with Crippen molar-refractivity contribution in [3.8, 4) is 0 Å². The molecule has 15 heavy (non-hydrogen) atoms. The largest absolute Gasteiger partial charge is 0.349 e. The van der Waals surface area contributed by atoms with Crippen LogP contribution in [-0.2, 0) is 14.3 Å². The van der Waals surface area contributed by atoms with Crippen molar-refractivity contribution in [2.75, 3.05) is 20.7 Å². The summed E-state index contributed by atoms with van der Waals surface area (Å²) in [4.78, 5) is 27.0. The molecule has 0 radical (unpaired) electrons. The first-order chi connectivity index (χ1) is 6.98. The molecule has 0 aromatic carbocycles. The van der Waals surface area contributed by atoms with Crippen LogP contribution in [0.2, 0.25) is 0 Å². The topological polar surface area (TPSA) is 49.9 Å². The summed E-state index contributed by atoms with van der Waals surface area (Å²) in [6, 6.07) is 0. The Morgan fingerprint density at radius 2 is 2.07 bits per heavy atom. The summed E-state index contributed by atoms with van der Waals surface area (Å²) in [7, 11) is 3.30. The van der Waals surface area contributed by atoms with Crippen LogP contribution in [0.15, 0.2) is 0 Å². The third-order valence-corrected chi connectivity index (χ3v) is 3.50. The number of likely N-dealkylation sites (N-methyl/N-ethyl adjacent to an activating group) is 2. The van der Waals surface area contributed by atoms with Gasteiger partial charge in [0.25, 0.3) is 5.91 Å². The smallest absolute Gasteiger partial charge is 0.273 e. The summed E-state index contributed by atoms with van der Waals surface area (Å²) in [6.45, 7) is 2.36. The highest BCUT2D eigenvalue weighted by Gasteiger charge is 2.52. The average molecular weight is 212 g/mol. The molecule has 3 rings (SSSR count). The van der Waals surface area contributed by atoms with Gasteiger partial charge in [-0.1, -0.05) is 0 Å². The molecule has 5 nitrogen and oxygen atoms in total. The van der Waals surface area contributed by atoms with Gasteiger partial charge in [0.2, 0.25) is 12.1 Å². The monoisotopic (exact) mass is 212 g/mol. The fourth-order valence-electron chi connectivity index (χ4n) is 2.27. The van der Waals surface area contributed by atoms with Crippen molar-refractivity contribution < 1.29 is 14.3 Å². The number of piperazine rings is 1. The van der Waals surface area contributed by atoms with Crippen molar-refractivity contribution in [3.05, 3.63) is 0 Å². The number of amides is 2. The zero-order valence-corrected chi connectivity index (χ0v) is 9.32. The molecule has 3 aliphatic heterocycles. The summed E-state index contributed by atoms with van der Waals surface area (Å²) >= 11 is 0. The van der Waals surface area contributed by atoms with Gasteiger partial charge < -0.3 is 14.5 Å². The van der Waals surface area contributed by atoms with Gasteiger partial charge in [-0.3, -0.25) is 9.59 Å². The van der Waals surface area contributed by atoms with Crippen LogP contribution in [-0.4, -0.2) is 54.1 Å². The van der Waals surface area contributed by atoms with Crippen molar-refractivity contribution in [1.29, 1.82) is 0 Å². The SMILES string of the molecule is CN1C(=O)C2(C)CCCOC1C(=O)N2C. The summed E-state index contributed by atoms with van der Waals surface area (Å²) in [6.07, 6.45) is 0.742. The minimum Gasteiger partial charge on any atom is -0.349 e. The normalized spacial score (nSPS) is 36.9. The van der Waals surface area contributed by atoms with Gasteiger partial charge in [0, 0.05) is 20.7 Å². The Morgan fingerprint density at radius 1 is 1.40 bits per heavy atom. The van der Waals surface area contributed by atoms with E-state index in [1.165, 1.54) is 9.80 Å². The van der Waals surface area contributed by atoms with Gasteiger partial charge in [-0.05, 0) is 19.8 Å². The van der Waals surface area contributed by atoms with E-state index in [0.717, 1.165) is 6.42 Å². The third-order valence-electron chi connectivity index (χ3n) is 3.50. The quantitative estimate of drug-likeness (QED) is 0.559. The van der Waals surface area contributed by atoms with E-state index in [9.17, 15) is 9.59 Å². The van der Waals surface area contributed by atoms with Crippen LogP contribution in [0.5, 0.6) is 0 Å². The van der Waals surface area contributed by atoms with Gasteiger partial charge >= 0.3 is 0 Å². The fraction of sp³-hybridized carbons (Fsp3) is 0.800. The fourth-order valence-corrected chi connectivity index (χ4v) is 2.27. The first-order valence-corrected chi connectivity index (χ1v) is 5.15. The Bertz CT molecular complexity index is 314. The average Bonchev–Trinajstić information content (AvgIpc) is 2.22. The summed E-state index contributed by atoms with van der Waals surface area (Å²) in [5, 5.41) is 0. The van der Waals surface area contributed by atoms with Gasteiger partial charge in [-0.25, -0.2) is 0 Å². The third kappa shape index (κ3) is 1.26. The van der Waals surface area contributed by atoms with E-state index >= 15 is 0 Å². The molecule has 0 N–H and O–H groups in total.